The van der Waals surface area contributed by atoms with E-state index >= 15 is 4.79 Å². The molecule has 41 heavy (non-hydrogen) atoms. The zero-order valence-electron chi connectivity index (χ0n) is 27.1. The van der Waals surface area contributed by atoms with Gasteiger partial charge >= 0.3 is 5.97 Å². The molecule has 0 aromatic carbocycles. The molecule has 9 heteroatoms. The Kier molecular flexibility index (Phi) is 10.5. The molecule has 4 rings (SSSR count). The number of carbonyl (C=O) groups is 1. The van der Waals surface area contributed by atoms with Crippen LogP contribution in [0.1, 0.15) is 107 Å². The minimum atomic E-state index is -1.27. The first kappa shape index (κ1) is 33.1. The van der Waals surface area contributed by atoms with Crippen molar-refractivity contribution in [3.05, 3.63) is 0 Å². The molecule has 0 aliphatic carbocycles. The van der Waals surface area contributed by atoms with Crippen LogP contribution in [0, 0.1) is 5.41 Å². The van der Waals surface area contributed by atoms with E-state index in [0.717, 1.165) is 51.4 Å². The molecule has 8 atom stereocenters. The van der Waals surface area contributed by atoms with Crippen LogP contribution in [0.2, 0.25) is 0 Å². The smallest absolute Gasteiger partial charge is 0.345 e. The number of hydrogen-bond acceptors (Lipinski definition) is 9. The van der Waals surface area contributed by atoms with E-state index < -0.39 is 30.9 Å². The van der Waals surface area contributed by atoms with Crippen molar-refractivity contribution in [2.75, 3.05) is 26.4 Å². The number of ether oxygens (including phenoxy) is 1. The molecule has 4 heterocycles. The number of aliphatic hydroxyl groups excluding tert-OH is 3. The molecular formula is C32H60N4O5. The first-order valence-electron chi connectivity index (χ1n) is 16.9. The molecule has 0 saturated carbocycles. The maximum Gasteiger partial charge on any atom is 0.345 e. The molecule has 4 fully saturated rings. The highest BCUT2D eigenvalue weighted by atomic mass is 16.5. The lowest BCUT2D eigenvalue weighted by molar-refractivity contribution is -0.181. The van der Waals surface area contributed by atoms with Crippen LogP contribution in [-0.2, 0) is 9.53 Å². The molecule has 4 aliphatic rings. The summed E-state index contributed by atoms with van der Waals surface area (Å²) in [6, 6.07) is 2.90. The van der Waals surface area contributed by atoms with Gasteiger partial charge in [-0.25, -0.2) is 4.79 Å². The molecular weight excluding hydrogens is 520 g/mol. The fraction of sp³-hybridized carbons (Fsp3) is 0.969. The molecule has 8 unspecified atom stereocenters. The Hall–Kier alpha value is -0.810. The van der Waals surface area contributed by atoms with Gasteiger partial charge in [-0.2, -0.15) is 0 Å². The molecule has 4 aliphatic heterocycles. The number of aliphatic hydroxyl groups is 3. The van der Waals surface area contributed by atoms with Crippen LogP contribution in [0.4, 0.5) is 0 Å². The second kappa shape index (κ2) is 13.0. The van der Waals surface area contributed by atoms with Crippen molar-refractivity contribution >= 4 is 5.97 Å². The molecule has 0 radical (unpaired) electrons. The zero-order valence-corrected chi connectivity index (χ0v) is 27.1. The average molecular weight is 581 g/mol. The van der Waals surface area contributed by atoms with Gasteiger partial charge in [-0.1, -0.05) is 55.4 Å². The van der Waals surface area contributed by atoms with Gasteiger partial charge in [-0.05, 0) is 51.4 Å². The van der Waals surface area contributed by atoms with Gasteiger partial charge in [-0.3, -0.25) is 19.6 Å². The minimum Gasteiger partial charge on any atom is -0.462 e. The van der Waals surface area contributed by atoms with E-state index in [2.05, 4.69) is 75.0 Å². The summed E-state index contributed by atoms with van der Waals surface area (Å²) in [4.78, 5) is 25.5. The summed E-state index contributed by atoms with van der Waals surface area (Å²) in [5.74, 6) is -0.278. The molecule has 0 bridgehead atoms. The number of rotatable bonds is 19. The summed E-state index contributed by atoms with van der Waals surface area (Å²) in [7, 11) is 0. The van der Waals surface area contributed by atoms with Crippen LogP contribution in [0.3, 0.4) is 0 Å². The Morgan fingerprint density at radius 2 is 0.878 bits per heavy atom. The number of esters is 1. The summed E-state index contributed by atoms with van der Waals surface area (Å²) >= 11 is 0. The summed E-state index contributed by atoms with van der Waals surface area (Å²) in [6.07, 6.45) is 7.94. The third-order valence-corrected chi connectivity index (χ3v) is 11.3. The highest BCUT2D eigenvalue weighted by Gasteiger charge is 2.79. The van der Waals surface area contributed by atoms with Crippen LogP contribution in [0.15, 0.2) is 0 Å². The Balaban J connectivity index is 1.91. The Morgan fingerprint density at radius 3 is 1.12 bits per heavy atom. The van der Waals surface area contributed by atoms with Gasteiger partial charge in [0.15, 0.2) is 0 Å². The molecule has 0 aromatic rings. The molecule has 9 nitrogen and oxygen atoms in total. The monoisotopic (exact) mass is 580 g/mol. The van der Waals surface area contributed by atoms with Gasteiger partial charge in [0.25, 0.3) is 0 Å². The third kappa shape index (κ3) is 5.19. The van der Waals surface area contributed by atoms with Crippen LogP contribution >= 0.6 is 0 Å². The zero-order chi connectivity index (χ0) is 30.3. The topological polar surface area (TPSA) is 99.0 Å². The standard InChI is InChI=1S/C32H60N4O5/c1-9-21-22(10-2)33(21)29(34-23(11-3)24(34)12-4)32(35-25(13-5)26(35)14-6,36-27(15-7)28(36)16-8)30(40)41-20-31(17-37,18-38)19-39/h21-29,37-39H,9-20H2,1-8H3. The van der Waals surface area contributed by atoms with E-state index in [1.807, 2.05) is 0 Å². The summed E-state index contributed by atoms with van der Waals surface area (Å²) in [6.45, 7) is 16.4. The average Bonchev–Trinajstić information content (AvgIpc) is 3.89. The molecule has 238 valence electrons. The second-order valence-corrected chi connectivity index (χ2v) is 13.2. The summed E-state index contributed by atoms with van der Waals surface area (Å²) in [5, 5.41) is 30.2. The second-order valence-electron chi connectivity index (χ2n) is 13.2. The quantitative estimate of drug-likeness (QED) is 0.157. The highest BCUT2D eigenvalue weighted by Crippen LogP contribution is 2.59. The largest absolute Gasteiger partial charge is 0.462 e. The number of carbonyl (C=O) groups excluding carboxylic acids is 1. The van der Waals surface area contributed by atoms with Crippen molar-refractivity contribution in [3.8, 4) is 0 Å². The molecule has 3 N–H and O–H groups in total. The Morgan fingerprint density at radius 1 is 0.585 bits per heavy atom. The van der Waals surface area contributed by atoms with E-state index in [0.29, 0.717) is 48.3 Å². The summed E-state index contributed by atoms with van der Waals surface area (Å²) in [5.41, 5.74) is -2.27. The Labute approximate surface area is 249 Å². The van der Waals surface area contributed by atoms with Gasteiger partial charge in [-0.15, -0.1) is 0 Å². The molecule has 0 amide bonds. The maximum absolute atomic E-state index is 15.2. The molecule has 4 saturated heterocycles. The maximum atomic E-state index is 15.2. The lowest BCUT2D eigenvalue weighted by atomic mass is 9.92. The predicted octanol–water partition coefficient (Wildman–Crippen LogP) is 3.01. The van der Waals surface area contributed by atoms with Gasteiger partial charge in [0.1, 0.15) is 12.8 Å². The predicted molar refractivity (Wildman–Crippen MR) is 161 cm³/mol. The van der Waals surface area contributed by atoms with Gasteiger partial charge in [0.2, 0.25) is 5.66 Å². The highest BCUT2D eigenvalue weighted by molar-refractivity contribution is 5.83. The van der Waals surface area contributed by atoms with E-state index in [1.54, 1.807) is 0 Å². The number of hydrogen-bond donors (Lipinski definition) is 3. The van der Waals surface area contributed by atoms with Crippen molar-refractivity contribution in [1.82, 2.24) is 19.6 Å². The third-order valence-electron chi connectivity index (χ3n) is 11.3. The summed E-state index contributed by atoms with van der Waals surface area (Å²) < 4.78 is 6.28. The SMILES string of the molecule is CCC1C(CC)N1C(N1C(CC)C1CC)C(C(=O)OCC(CO)(CO)CO)(N1C(CC)C1CC)N1C(CC)C1CC. The minimum absolute atomic E-state index is 0.136. The number of nitrogens with zero attached hydrogens (tertiary/aromatic N) is 4. The van der Waals surface area contributed by atoms with Crippen molar-refractivity contribution in [1.29, 1.82) is 0 Å². The van der Waals surface area contributed by atoms with E-state index in [4.69, 9.17) is 4.74 Å². The van der Waals surface area contributed by atoms with Crippen molar-refractivity contribution in [2.45, 2.75) is 167 Å². The lowest BCUT2D eigenvalue weighted by Crippen LogP contribution is -2.69. The van der Waals surface area contributed by atoms with Crippen LogP contribution in [0.25, 0.3) is 0 Å². The van der Waals surface area contributed by atoms with Crippen LogP contribution < -0.4 is 0 Å². The fourth-order valence-corrected chi connectivity index (χ4v) is 8.82. The normalized spacial score (nSPS) is 41.4. The molecule has 0 aromatic heterocycles. The first-order chi connectivity index (χ1) is 19.8. The van der Waals surface area contributed by atoms with E-state index in [-0.39, 0.29) is 18.7 Å². The molecule has 0 spiro atoms. The van der Waals surface area contributed by atoms with Crippen LogP contribution in [-0.4, -0.2) is 127 Å². The Bertz CT molecular complexity index is 790. The van der Waals surface area contributed by atoms with Gasteiger partial charge in [0, 0.05) is 48.3 Å². The fourth-order valence-electron chi connectivity index (χ4n) is 8.82. The first-order valence-corrected chi connectivity index (χ1v) is 16.9. The van der Waals surface area contributed by atoms with E-state index in [9.17, 15) is 15.3 Å². The van der Waals surface area contributed by atoms with Crippen molar-refractivity contribution < 1.29 is 24.9 Å². The van der Waals surface area contributed by atoms with Gasteiger partial charge in [0.05, 0.1) is 25.2 Å². The van der Waals surface area contributed by atoms with Crippen LogP contribution in [0.5, 0.6) is 0 Å². The van der Waals surface area contributed by atoms with Gasteiger partial charge < -0.3 is 20.1 Å². The van der Waals surface area contributed by atoms with E-state index in [1.165, 1.54) is 0 Å². The van der Waals surface area contributed by atoms with Crippen molar-refractivity contribution in [2.24, 2.45) is 5.41 Å². The van der Waals surface area contributed by atoms with Crippen molar-refractivity contribution in [3.63, 3.8) is 0 Å². The lowest BCUT2D eigenvalue weighted by Gasteiger charge is -2.46.